The van der Waals surface area contributed by atoms with E-state index in [2.05, 4.69) is 25.9 Å². The summed E-state index contributed by atoms with van der Waals surface area (Å²) < 4.78 is 1.02. The van der Waals surface area contributed by atoms with Crippen LogP contribution in [-0.4, -0.2) is 21.0 Å². The Labute approximate surface area is 122 Å². The minimum atomic E-state index is -1.12. The average molecular weight is 340 g/mol. The zero-order chi connectivity index (χ0) is 13.8. The standard InChI is InChI=1S/C12H10BrN3O2S/c13-7-1-3-8(4-2-7)19-6-10-15-5-9(12(17)18)11(14)16-10/h1-5H,6H2,(H,17,18)(H2,14,15,16). The molecule has 0 unspecified atom stereocenters. The van der Waals surface area contributed by atoms with Crippen LogP contribution in [0.15, 0.2) is 39.8 Å². The molecule has 3 N–H and O–H groups in total. The molecule has 2 rings (SSSR count). The maximum Gasteiger partial charge on any atom is 0.341 e. The Bertz CT molecular complexity index is 604. The molecule has 0 aliphatic rings. The van der Waals surface area contributed by atoms with Crippen molar-refractivity contribution in [1.82, 2.24) is 9.97 Å². The predicted molar refractivity (Wildman–Crippen MR) is 77.1 cm³/mol. The van der Waals surface area contributed by atoms with E-state index in [-0.39, 0.29) is 11.4 Å². The van der Waals surface area contributed by atoms with Gasteiger partial charge in [0.25, 0.3) is 0 Å². The molecule has 0 amide bonds. The SMILES string of the molecule is Nc1nc(CSc2ccc(Br)cc2)ncc1C(=O)O. The maximum atomic E-state index is 10.8. The van der Waals surface area contributed by atoms with Gasteiger partial charge in [-0.05, 0) is 24.3 Å². The molecule has 19 heavy (non-hydrogen) atoms. The number of halogens is 1. The van der Waals surface area contributed by atoms with Crippen LogP contribution in [0, 0.1) is 0 Å². The molecule has 0 saturated heterocycles. The minimum absolute atomic E-state index is 0.00564. The van der Waals surface area contributed by atoms with Crippen molar-refractivity contribution in [3.05, 3.63) is 46.3 Å². The van der Waals surface area contributed by atoms with Crippen molar-refractivity contribution in [2.75, 3.05) is 5.73 Å². The fraction of sp³-hybridized carbons (Fsp3) is 0.0833. The van der Waals surface area contributed by atoms with Gasteiger partial charge in [0.2, 0.25) is 0 Å². The summed E-state index contributed by atoms with van der Waals surface area (Å²) in [5.74, 6) is -0.0833. The number of rotatable bonds is 4. The molecule has 1 heterocycles. The van der Waals surface area contributed by atoms with Gasteiger partial charge in [0.1, 0.15) is 17.2 Å². The summed E-state index contributed by atoms with van der Waals surface area (Å²) in [5, 5.41) is 8.82. The monoisotopic (exact) mass is 339 g/mol. The number of nitrogen functional groups attached to an aromatic ring is 1. The van der Waals surface area contributed by atoms with Gasteiger partial charge in [-0.2, -0.15) is 0 Å². The number of aromatic nitrogens is 2. The Kier molecular flexibility index (Phi) is 4.39. The van der Waals surface area contributed by atoms with Crippen molar-refractivity contribution in [3.63, 3.8) is 0 Å². The second-order valence-corrected chi connectivity index (χ2v) is 5.60. The van der Waals surface area contributed by atoms with Crippen LogP contribution in [0.2, 0.25) is 0 Å². The third kappa shape index (κ3) is 3.68. The number of anilines is 1. The van der Waals surface area contributed by atoms with E-state index < -0.39 is 5.97 Å². The van der Waals surface area contributed by atoms with Crippen LogP contribution in [0.1, 0.15) is 16.2 Å². The molecule has 2 aromatic rings. The number of benzene rings is 1. The summed E-state index contributed by atoms with van der Waals surface area (Å²) >= 11 is 4.92. The Balaban J connectivity index is 2.06. The molecule has 0 saturated carbocycles. The van der Waals surface area contributed by atoms with Gasteiger partial charge < -0.3 is 10.8 Å². The lowest BCUT2D eigenvalue weighted by Gasteiger charge is -2.04. The van der Waals surface area contributed by atoms with E-state index >= 15 is 0 Å². The van der Waals surface area contributed by atoms with Crippen LogP contribution in [0.25, 0.3) is 0 Å². The molecule has 1 aromatic carbocycles. The van der Waals surface area contributed by atoms with Gasteiger partial charge in [-0.3, -0.25) is 0 Å². The highest BCUT2D eigenvalue weighted by Crippen LogP contribution is 2.23. The molecule has 0 bridgehead atoms. The number of carbonyl (C=O) groups is 1. The lowest BCUT2D eigenvalue weighted by Crippen LogP contribution is -2.07. The first-order chi connectivity index (χ1) is 9.06. The molecule has 5 nitrogen and oxygen atoms in total. The van der Waals surface area contributed by atoms with Gasteiger partial charge in [0.15, 0.2) is 0 Å². The number of aromatic carboxylic acids is 1. The number of hydrogen-bond acceptors (Lipinski definition) is 5. The van der Waals surface area contributed by atoms with Crippen LogP contribution < -0.4 is 5.73 Å². The molecule has 0 radical (unpaired) electrons. The first kappa shape index (κ1) is 13.8. The summed E-state index contributed by atoms with van der Waals surface area (Å²) in [6, 6.07) is 7.85. The zero-order valence-corrected chi connectivity index (χ0v) is 12.1. The molecular weight excluding hydrogens is 330 g/mol. The van der Waals surface area contributed by atoms with Gasteiger partial charge in [0, 0.05) is 15.6 Å². The zero-order valence-electron chi connectivity index (χ0n) is 9.71. The number of carboxylic acid groups (broad SMARTS) is 1. The number of nitrogens with zero attached hydrogens (tertiary/aromatic N) is 2. The molecular formula is C12H10BrN3O2S. The van der Waals surface area contributed by atoms with Crippen molar-refractivity contribution >= 4 is 39.5 Å². The maximum absolute atomic E-state index is 10.8. The third-order valence-electron chi connectivity index (χ3n) is 2.28. The van der Waals surface area contributed by atoms with E-state index in [0.29, 0.717) is 11.6 Å². The Morgan fingerprint density at radius 1 is 1.37 bits per heavy atom. The van der Waals surface area contributed by atoms with Gasteiger partial charge in [-0.25, -0.2) is 14.8 Å². The lowest BCUT2D eigenvalue weighted by atomic mass is 10.3. The molecule has 7 heteroatoms. The van der Waals surface area contributed by atoms with Crippen LogP contribution in [0.4, 0.5) is 5.82 Å². The normalized spacial score (nSPS) is 10.4. The summed E-state index contributed by atoms with van der Waals surface area (Å²) in [6.07, 6.45) is 1.24. The van der Waals surface area contributed by atoms with Crippen LogP contribution in [0.3, 0.4) is 0 Å². The highest BCUT2D eigenvalue weighted by Gasteiger charge is 2.10. The van der Waals surface area contributed by atoms with Crippen molar-refractivity contribution in [2.24, 2.45) is 0 Å². The Hall–Kier alpha value is -1.60. The molecule has 98 valence electrons. The van der Waals surface area contributed by atoms with Gasteiger partial charge in [-0.1, -0.05) is 15.9 Å². The van der Waals surface area contributed by atoms with Crippen molar-refractivity contribution < 1.29 is 9.90 Å². The molecule has 1 aromatic heterocycles. The van der Waals surface area contributed by atoms with E-state index in [0.717, 1.165) is 9.37 Å². The number of hydrogen-bond donors (Lipinski definition) is 2. The number of carboxylic acids is 1. The van der Waals surface area contributed by atoms with Crippen LogP contribution in [-0.2, 0) is 5.75 Å². The predicted octanol–water partition coefficient (Wildman–Crippen LogP) is 2.81. The quantitative estimate of drug-likeness (QED) is 0.832. The van der Waals surface area contributed by atoms with Crippen LogP contribution in [0.5, 0.6) is 0 Å². The van der Waals surface area contributed by atoms with E-state index in [9.17, 15) is 4.79 Å². The minimum Gasteiger partial charge on any atom is -0.477 e. The molecule has 0 aliphatic heterocycles. The molecule has 0 atom stereocenters. The lowest BCUT2D eigenvalue weighted by molar-refractivity contribution is 0.0697. The smallest absolute Gasteiger partial charge is 0.341 e. The number of thioether (sulfide) groups is 1. The largest absolute Gasteiger partial charge is 0.477 e. The molecule has 0 fully saturated rings. The van der Waals surface area contributed by atoms with Crippen molar-refractivity contribution in [2.45, 2.75) is 10.6 Å². The van der Waals surface area contributed by atoms with E-state index in [1.165, 1.54) is 6.20 Å². The average Bonchev–Trinajstić information content (AvgIpc) is 2.37. The second-order valence-electron chi connectivity index (χ2n) is 3.63. The van der Waals surface area contributed by atoms with E-state index in [1.807, 2.05) is 24.3 Å². The third-order valence-corrected chi connectivity index (χ3v) is 3.82. The fourth-order valence-electron chi connectivity index (χ4n) is 1.35. The van der Waals surface area contributed by atoms with Crippen molar-refractivity contribution in [3.8, 4) is 0 Å². The van der Waals surface area contributed by atoms with Gasteiger partial charge in [0.05, 0.1) is 5.75 Å². The van der Waals surface area contributed by atoms with Crippen LogP contribution >= 0.6 is 27.7 Å². The summed E-state index contributed by atoms with van der Waals surface area (Å²) in [6.45, 7) is 0. The summed E-state index contributed by atoms with van der Waals surface area (Å²) in [7, 11) is 0. The first-order valence-electron chi connectivity index (χ1n) is 5.29. The number of nitrogens with two attached hydrogens (primary N) is 1. The highest BCUT2D eigenvalue weighted by molar-refractivity contribution is 9.10. The van der Waals surface area contributed by atoms with Gasteiger partial charge >= 0.3 is 5.97 Å². The summed E-state index contributed by atoms with van der Waals surface area (Å²) in [4.78, 5) is 19.8. The first-order valence-corrected chi connectivity index (χ1v) is 7.07. The second kappa shape index (κ2) is 6.03. The van der Waals surface area contributed by atoms with E-state index in [4.69, 9.17) is 10.8 Å². The topological polar surface area (TPSA) is 89.1 Å². The molecule has 0 aliphatic carbocycles. The van der Waals surface area contributed by atoms with Crippen molar-refractivity contribution in [1.29, 1.82) is 0 Å². The highest BCUT2D eigenvalue weighted by atomic mass is 79.9. The Morgan fingerprint density at radius 2 is 2.05 bits per heavy atom. The molecule has 0 spiro atoms. The Morgan fingerprint density at radius 3 is 2.63 bits per heavy atom. The fourth-order valence-corrected chi connectivity index (χ4v) is 2.37. The summed E-state index contributed by atoms with van der Waals surface area (Å²) in [5.41, 5.74) is 5.49. The van der Waals surface area contributed by atoms with E-state index in [1.54, 1.807) is 11.8 Å². The van der Waals surface area contributed by atoms with Gasteiger partial charge in [-0.15, -0.1) is 11.8 Å².